The first-order valence-electron chi connectivity index (χ1n) is 12.0. The fourth-order valence-corrected chi connectivity index (χ4v) is 5.84. The second-order valence-electron chi connectivity index (χ2n) is 9.76. The average molecular weight is 499 g/mol. The molecular formula is C27H34N2O5S. The number of nitrogens with zero attached hydrogens (tertiary/aromatic N) is 1. The highest BCUT2D eigenvalue weighted by Crippen LogP contribution is 2.44. The molecule has 0 aromatic heterocycles. The molecule has 8 heteroatoms. The Kier molecular flexibility index (Phi) is 7.45. The van der Waals surface area contributed by atoms with Crippen LogP contribution < -0.4 is 10.1 Å². The molecule has 188 valence electrons. The summed E-state index contributed by atoms with van der Waals surface area (Å²) in [4.78, 5) is 31.1. The lowest BCUT2D eigenvalue weighted by atomic mass is 9.84. The third-order valence-corrected chi connectivity index (χ3v) is 8.25. The van der Waals surface area contributed by atoms with E-state index < -0.39 is 10.9 Å². The lowest BCUT2D eigenvalue weighted by Crippen LogP contribution is -2.46. The van der Waals surface area contributed by atoms with Crippen molar-refractivity contribution in [3.63, 3.8) is 0 Å². The van der Waals surface area contributed by atoms with Gasteiger partial charge in [-0.1, -0.05) is 30.3 Å². The zero-order valence-electron chi connectivity index (χ0n) is 21.0. The Hall–Kier alpha value is -2.55. The van der Waals surface area contributed by atoms with Crippen LogP contribution in [-0.2, 0) is 22.5 Å². The number of hydrogen-bond acceptors (Lipinski definition) is 7. The Morgan fingerprint density at radius 1 is 1.20 bits per heavy atom. The minimum absolute atomic E-state index is 0.125. The van der Waals surface area contributed by atoms with Crippen molar-refractivity contribution < 1.29 is 24.3 Å². The Morgan fingerprint density at radius 3 is 2.60 bits per heavy atom. The number of hydrogen-bond donors (Lipinski definition) is 2. The quantitative estimate of drug-likeness (QED) is 0.549. The molecule has 1 fully saturated rings. The Morgan fingerprint density at radius 2 is 1.91 bits per heavy atom. The fraction of sp³-hybridized carbons (Fsp3) is 0.481. The van der Waals surface area contributed by atoms with Crippen molar-refractivity contribution in [2.45, 2.75) is 70.3 Å². The van der Waals surface area contributed by atoms with Crippen LogP contribution in [0.4, 0.5) is 4.79 Å². The summed E-state index contributed by atoms with van der Waals surface area (Å²) in [6, 6.07) is 9.55. The lowest BCUT2D eigenvalue weighted by Gasteiger charge is -2.40. The van der Waals surface area contributed by atoms with Gasteiger partial charge in [0.15, 0.2) is 0 Å². The van der Waals surface area contributed by atoms with Gasteiger partial charge in [-0.15, -0.1) is 5.06 Å². The average Bonchev–Trinajstić information content (AvgIpc) is 3.11. The van der Waals surface area contributed by atoms with E-state index in [0.29, 0.717) is 18.6 Å². The van der Waals surface area contributed by atoms with Gasteiger partial charge in [-0.25, -0.2) is 0 Å². The summed E-state index contributed by atoms with van der Waals surface area (Å²) in [5, 5.41) is 13.8. The normalized spacial score (nSPS) is 22.8. The lowest BCUT2D eigenvalue weighted by molar-refractivity contribution is -0.166. The zero-order valence-corrected chi connectivity index (χ0v) is 21.8. The van der Waals surface area contributed by atoms with E-state index >= 15 is 0 Å². The van der Waals surface area contributed by atoms with Crippen LogP contribution in [0.1, 0.15) is 47.6 Å². The molecule has 1 saturated heterocycles. The minimum Gasteiger partial charge on any atom is -0.507 e. The number of amides is 2. The number of nitrogens with one attached hydrogen (secondary N) is 1. The van der Waals surface area contributed by atoms with Crippen molar-refractivity contribution in [2.75, 3.05) is 13.7 Å². The summed E-state index contributed by atoms with van der Waals surface area (Å²) in [6.45, 7) is 8.07. The summed E-state index contributed by atoms with van der Waals surface area (Å²) in [6.07, 6.45) is 2.73. The summed E-state index contributed by atoms with van der Waals surface area (Å²) < 4.78 is 6.54. The van der Waals surface area contributed by atoms with E-state index in [9.17, 15) is 14.7 Å². The molecule has 0 bridgehead atoms. The van der Waals surface area contributed by atoms with E-state index in [1.165, 1.54) is 0 Å². The minimum atomic E-state index is -0.473. The maximum Gasteiger partial charge on any atom is 0.313 e. The number of hydroxylamine groups is 2. The smallest absolute Gasteiger partial charge is 0.313 e. The molecule has 7 nitrogen and oxygen atoms in total. The number of benzene rings is 2. The highest BCUT2D eigenvalue weighted by Gasteiger charge is 2.42. The number of thioether (sulfide) groups is 1. The largest absolute Gasteiger partial charge is 0.507 e. The highest BCUT2D eigenvalue weighted by molar-refractivity contribution is 8.15. The van der Waals surface area contributed by atoms with Crippen LogP contribution in [-0.4, -0.2) is 51.9 Å². The zero-order chi connectivity index (χ0) is 25.3. The number of aromatic hydroxyl groups is 1. The van der Waals surface area contributed by atoms with Crippen LogP contribution >= 0.6 is 11.8 Å². The van der Waals surface area contributed by atoms with Gasteiger partial charge in [0.05, 0.1) is 11.9 Å². The second kappa shape index (κ2) is 10.2. The Balaban J connectivity index is 1.39. The maximum atomic E-state index is 12.8. The molecule has 2 amide bonds. The van der Waals surface area contributed by atoms with Crippen LogP contribution in [0, 0.1) is 20.8 Å². The van der Waals surface area contributed by atoms with E-state index in [1.54, 1.807) is 0 Å². The van der Waals surface area contributed by atoms with Gasteiger partial charge in [-0.05, 0) is 88.0 Å². The van der Waals surface area contributed by atoms with Gasteiger partial charge in [0.1, 0.15) is 17.1 Å². The summed E-state index contributed by atoms with van der Waals surface area (Å²) in [5.74, 6) is 0.889. The standard InChI is InChI=1S/C27H34N2O5S/c1-16-17(2)24-21(18(3)23(16)30)11-12-27(4,34-24)14-20(28-5)15-33-29-25(31)22(35-26(29)32)13-19-9-7-6-8-10-19/h6-10,20,22,28,30H,11-15H2,1-5H3. The van der Waals surface area contributed by atoms with Gasteiger partial charge < -0.3 is 15.2 Å². The molecule has 2 aliphatic heterocycles. The van der Waals surface area contributed by atoms with Gasteiger partial charge in [0.2, 0.25) is 0 Å². The third-order valence-electron chi connectivity index (χ3n) is 7.23. The molecule has 0 spiro atoms. The van der Waals surface area contributed by atoms with Gasteiger partial charge >= 0.3 is 5.24 Å². The summed E-state index contributed by atoms with van der Waals surface area (Å²) in [5.41, 5.74) is 4.31. The highest BCUT2D eigenvalue weighted by atomic mass is 32.2. The van der Waals surface area contributed by atoms with Crippen molar-refractivity contribution in [1.82, 2.24) is 10.4 Å². The Bertz CT molecular complexity index is 1120. The fourth-order valence-electron chi connectivity index (χ4n) is 4.88. The first kappa shape index (κ1) is 25.5. The molecule has 2 N–H and O–H groups in total. The molecule has 2 heterocycles. The van der Waals surface area contributed by atoms with Gasteiger partial charge in [-0.3, -0.25) is 14.4 Å². The molecule has 0 radical (unpaired) electrons. The number of carbonyl (C=O) groups excluding carboxylic acids is 2. The number of likely N-dealkylation sites (N-methyl/N-ethyl adjacent to an activating group) is 1. The number of fused-ring (bicyclic) bond motifs is 1. The Labute approximate surface area is 211 Å². The summed E-state index contributed by atoms with van der Waals surface area (Å²) >= 11 is 1.02. The third kappa shape index (κ3) is 5.20. The van der Waals surface area contributed by atoms with Crippen LogP contribution in [0.2, 0.25) is 0 Å². The predicted octanol–water partition coefficient (Wildman–Crippen LogP) is 4.62. The molecule has 0 saturated carbocycles. The monoisotopic (exact) mass is 498 g/mol. The molecule has 2 aliphatic rings. The molecule has 4 rings (SSSR count). The number of ether oxygens (including phenoxy) is 1. The SMILES string of the molecule is CNC(CON1C(=O)SC(Cc2ccccc2)C1=O)CC1(C)CCc2c(C)c(O)c(C)c(C)c2O1. The van der Waals surface area contributed by atoms with E-state index in [2.05, 4.69) is 12.2 Å². The maximum absolute atomic E-state index is 12.8. The van der Waals surface area contributed by atoms with Crippen LogP contribution in [0.15, 0.2) is 30.3 Å². The molecule has 3 atom stereocenters. The number of imide groups is 1. The molecule has 3 unspecified atom stereocenters. The summed E-state index contributed by atoms with van der Waals surface area (Å²) in [7, 11) is 1.84. The van der Waals surface area contributed by atoms with Crippen molar-refractivity contribution in [1.29, 1.82) is 0 Å². The van der Waals surface area contributed by atoms with Crippen LogP contribution in [0.5, 0.6) is 11.5 Å². The molecule has 0 aliphatic carbocycles. The van der Waals surface area contributed by atoms with Gasteiger partial charge in [-0.2, -0.15) is 0 Å². The van der Waals surface area contributed by atoms with E-state index in [0.717, 1.165) is 63.2 Å². The topological polar surface area (TPSA) is 88.1 Å². The van der Waals surface area contributed by atoms with Crippen LogP contribution in [0.25, 0.3) is 0 Å². The second-order valence-corrected chi connectivity index (χ2v) is 10.9. The van der Waals surface area contributed by atoms with E-state index in [-0.39, 0.29) is 23.8 Å². The molecular weight excluding hydrogens is 464 g/mol. The van der Waals surface area contributed by atoms with Gasteiger partial charge in [0.25, 0.3) is 5.91 Å². The van der Waals surface area contributed by atoms with E-state index in [1.807, 2.05) is 58.2 Å². The molecule has 35 heavy (non-hydrogen) atoms. The number of phenols is 1. The number of phenolic OH excluding ortho intramolecular Hbond substituents is 1. The molecule has 2 aromatic rings. The molecule has 2 aromatic carbocycles. The number of rotatable bonds is 8. The van der Waals surface area contributed by atoms with Gasteiger partial charge in [0, 0.05) is 18.0 Å². The first-order chi connectivity index (χ1) is 16.6. The first-order valence-corrected chi connectivity index (χ1v) is 12.9. The number of carbonyl (C=O) groups is 2. The van der Waals surface area contributed by atoms with Crippen molar-refractivity contribution in [3.05, 3.63) is 58.1 Å². The van der Waals surface area contributed by atoms with Crippen LogP contribution in [0.3, 0.4) is 0 Å². The van der Waals surface area contributed by atoms with Crippen molar-refractivity contribution >= 4 is 22.9 Å². The van der Waals surface area contributed by atoms with E-state index in [4.69, 9.17) is 9.57 Å². The van der Waals surface area contributed by atoms with Crippen molar-refractivity contribution in [2.24, 2.45) is 0 Å². The predicted molar refractivity (Wildman–Crippen MR) is 137 cm³/mol. The van der Waals surface area contributed by atoms with Crippen molar-refractivity contribution in [3.8, 4) is 11.5 Å².